The second-order valence-corrected chi connectivity index (χ2v) is 4.70. The maximum absolute atomic E-state index is 11.3. The van der Waals surface area contributed by atoms with Gasteiger partial charge < -0.3 is 10.1 Å². The van der Waals surface area contributed by atoms with E-state index in [1.807, 2.05) is 0 Å². The second kappa shape index (κ2) is 5.50. The van der Waals surface area contributed by atoms with Crippen LogP contribution in [0.25, 0.3) is 0 Å². The van der Waals surface area contributed by atoms with Crippen molar-refractivity contribution < 1.29 is 9.53 Å². The topological polar surface area (TPSA) is 38.3 Å². The molecule has 3 heteroatoms. The van der Waals surface area contributed by atoms with E-state index in [-0.39, 0.29) is 5.91 Å². The van der Waals surface area contributed by atoms with Crippen LogP contribution in [0.15, 0.2) is 0 Å². The summed E-state index contributed by atoms with van der Waals surface area (Å²) in [6, 6.07) is 0. The van der Waals surface area contributed by atoms with E-state index in [2.05, 4.69) is 5.32 Å². The van der Waals surface area contributed by atoms with Gasteiger partial charge in [0.1, 0.15) is 0 Å². The number of carbonyl (C=O) groups is 1. The molecule has 0 unspecified atom stereocenters. The number of amides is 1. The van der Waals surface area contributed by atoms with E-state index in [4.69, 9.17) is 4.74 Å². The molecule has 15 heavy (non-hydrogen) atoms. The zero-order valence-corrected chi connectivity index (χ0v) is 9.34. The summed E-state index contributed by atoms with van der Waals surface area (Å²) in [5, 5.41) is 2.95. The predicted molar refractivity (Wildman–Crippen MR) is 58.6 cm³/mol. The summed E-state index contributed by atoms with van der Waals surface area (Å²) in [6.07, 6.45) is 8.74. The van der Waals surface area contributed by atoms with Crippen LogP contribution in [0.5, 0.6) is 0 Å². The summed E-state index contributed by atoms with van der Waals surface area (Å²) in [6.45, 7) is 1.58. The second-order valence-electron chi connectivity index (χ2n) is 4.70. The minimum atomic E-state index is 0.246. The number of hydrogen-bond acceptors (Lipinski definition) is 2. The first-order valence-electron chi connectivity index (χ1n) is 6.25. The summed E-state index contributed by atoms with van der Waals surface area (Å²) in [7, 11) is 0. The van der Waals surface area contributed by atoms with E-state index in [0.717, 1.165) is 32.4 Å². The van der Waals surface area contributed by atoms with Gasteiger partial charge in [-0.2, -0.15) is 0 Å². The van der Waals surface area contributed by atoms with Crippen molar-refractivity contribution in [2.24, 2.45) is 5.92 Å². The lowest BCUT2D eigenvalue weighted by Gasteiger charge is -2.10. The molecule has 2 rings (SSSR count). The Morgan fingerprint density at radius 1 is 1.20 bits per heavy atom. The standard InChI is InChI=1S/C12H21NO2/c14-12(10-6-7-10)13-8-3-9-15-11-4-1-2-5-11/h10-11H,1-9H2,(H,13,14). The Labute approximate surface area is 91.6 Å². The van der Waals surface area contributed by atoms with Crippen molar-refractivity contribution in [2.45, 2.75) is 51.0 Å². The Balaban J connectivity index is 1.42. The largest absolute Gasteiger partial charge is 0.378 e. The van der Waals surface area contributed by atoms with Crippen molar-refractivity contribution in [3.63, 3.8) is 0 Å². The van der Waals surface area contributed by atoms with Crippen molar-refractivity contribution in [1.29, 1.82) is 0 Å². The van der Waals surface area contributed by atoms with Gasteiger partial charge in [0.05, 0.1) is 6.10 Å². The van der Waals surface area contributed by atoms with Gasteiger partial charge in [-0.15, -0.1) is 0 Å². The van der Waals surface area contributed by atoms with E-state index >= 15 is 0 Å². The van der Waals surface area contributed by atoms with Crippen molar-refractivity contribution in [3.05, 3.63) is 0 Å². The zero-order chi connectivity index (χ0) is 10.5. The molecule has 2 saturated carbocycles. The fourth-order valence-corrected chi connectivity index (χ4v) is 2.08. The fraction of sp³-hybridized carbons (Fsp3) is 0.917. The third kappa shape index (κ3) is 3.82. The molecule has 0 aromatic heterocycles. The van der Waals surface area contributed by atoms with Gasteiger partial charge >= 0.3 is 0 Å². The normalized spacial score (nSPS) is 21.9. The Hall–Kier alpha value is -0.570. The van der Waals surface area contributed by atoms with E-state index in [0.29, 0.717) is 12.0 Å². The first kappa shape index (κ1) is 10.9. The van der Waals surface area contributed by atoms with Crippen LogP contribution in [-0.4, -0.2) is 25.2 Å². The molecule has 0 saturated heterocycles. The van der Waals surface area contributed by atoms with Gasteiger partial charge in [0.15, 0.2) is 0 Å². The Morgan fingerprint density at radius 3 is 2.60 bits per heavy atom. The van der Waals surface area contributed by atoms with Gasteiger partial charge in [-0.25, -0.2) is 0 Å². The summed E-state index contributed by atoms with van der Waals surface area (Å²) < 4.78 is 5.71. The summed E-state index contributed by atoms with van der Waals surface area (Å²) in [5.74, 6) is 0.580. The molecule has 0 radical (unpaired) electrons. The SMILES string of the molecule is O=C(NCCCOC1CCCC1)C1CC1. The number of hydrogen-bond donors (Lipinski definition) is 1. The molecule has 1 N–H and O–H groups in total. The average molecular weight is 211 g/mol. The lowest BCUT2D eigenvalue weighted by Crippen LogP contribution is -2.26. The monoisotopic (exact) mass is 211 g/mol. The van der Waals surface area contributed by atoms with Crippen LogP contribution in [0, 0.1) is 5.92 Å². The van der Waals surface area contributed by atoms with Crippen LogP contribution < -0.4 is 5.32 Å². The van der Waals surface area contributed by atoms with E-state index < -0.39 is 0 Å². The number of rotatable bonds is 6. The fourth-order valence-electron chi connectivity index (χ4n) is 2.08. The van der Waals surface area contributed by atoms with Crippen LogP contribution in [0.1, 0.15) is 44.9 Å². The minimum absolute atomic E-state index is 0.246. The summed E-state index contributed by atoms with van der Waals surface area (Å²) >= 11 is 0. The quantitative estimate of drug-likeness (QED) is 0.681. The molecule has 0 atom stereocenters. The van der Waals surface area contributed by atoms with Crippen molar-refractivity contribution in [1.82, 2.24) is 5.32 Å². The molecule has 0 bridgehead atoms. The average Bonchev–Trinajstić information content (AvgIpc) is 2.97. The molecule has 86 valence electrons. The molecule has 0 spiro atoms. The highest BCUT2D eigenvalue weighted by atomic mass is 16.5. The highest BCUT2D eigenvalue weighted by Crippen LogP contribution is 2.28. The summed E-state index contributed by atoms with van der Waals surface area (Å²) in [4.78, 5) is 11.3. The van der Waals surface area contributed by atoms with Crippen LogP contribution in [0.2, 0.25) is 0 Å². The maximum Gasteiger partial charge on any atom is 0.223 e. The minimum Gasteiger partial charge on any atom is -0.378 e. The molecule has 3 nitrogen and oxygen atoms in total. The predicted octanol–water partition coefficient (Wildman–Crippen LogP) is 1.86. The first-order valence-corrected chi connectivity index (χ1v) is 6.25. The third-order valence-corrected chi connectivity index (χ3v) is 3.22. The molecule has 0 aliphatic heterocycles. The first-order chi connectivity index (χ1) is 7.36. The van der Waals surface area contributed by atoms with Gasteiger partial charge in [-0.05, 0) is 32.1 Å². The zero-order valence-electron chi connectivity index (χ0n) is 9.34. The van der Waals surface area contributed by atoms with Crippen LogP contribution in [0.3, 0.4) is 0 Å². The van der Waals surface area contributed by atoms with Gasteiger partial charge in [0, 0.05) is 19.1 Å². The highest BCUT2D eigenvalue weighted by Gasteiger charge is 2.28. The molecule has 0 heterocycles. The highest BCUT2D eigenvalue weighted by molar-refractivity contribution is 5.80. The molecular weight excluding hydrogens is 190 g/mol. The van der Waals surface area contributed by atoms with Gasteiger partial charge in [0.25, 0.3) is 0 Å². The van der Waals surface area contributed by atoms with Gasteiger partial charge in [0.2, 0.25) is 5.91 Å². The van der Waals surface area contributed by atoms with Crippen LogP contribution in [-0.2, 0) is 9.53 Å². The van der Waals surface area contributed by atoms with E-state index in [1.54, 1.807) is 0 Å². The molecule has 2 aliphatic carbocycles. The Bertz CT molecular complexity index is 208. The number of nitrogens with one attached hydrogen (secondary N) is 1. The molecule has 1 amide bonds. The van der Waals surface area contributed by atoms with Crippen LogP contribution in [0.4, 0.5) is 0 Å². The van der Waals surface area contributed by atoms with Gasteiger partial charge in [-0.1, -0.05) is 12.8 Å². The van der Waals surface area contributed by atoms with E-state index in [9.17, 15) is 4.79 Å². The molecule has 2 fully saturated rings. The number of ether oxygens (including phenoxy) is 1. The maximum atomic E-state index is 11.3. The molecule has 0 aromatic carbocycles. The third-order valence-electron chi connectivity index (χ3n) is 3.22. The van der Waals surface area contributed by atoms with Crippen molar-refractivity contribution >= 4 is 5.91 Å². The smallest absolute Gasteiger partial charge is 0.223 e. The van der Waals surface area contributed by atoms with Crippen LogP contribution >= 0.6 is 0 Å². The molecule has 2 aliphatic rings. The Kier molecular flexibility index (Phi) is 4.01. The van der Waals surface area contributed by atoms with Crippen molar-refractivity contribution in [3.8, 4) is 0 Å². The lowest BCUT2D eigenvalue weighted by atomic mass is 10.3. The van der Waals surface area contributed by atoms with E-state index in [1.165, 1.54) is 25.7 Å². The number of carbonyl (C=O) groups excluding carboxylic acids is 1. The Morgan fingerprint density at radius 2 is 1.93 bits per heavy atom. The summed E-state index contributed by atoms with van der Waals surface area (Å²) in [5.41, 5.74) is 0. The molecule has 0 aromatic rings. The van der Waals surface area contributed by atoms with Crippen molar-refractivity contribution in [2.75, 3.05) is 13.2 Å². The lowest BCUT2D eigenvalue weighted by molar-refractivity contribution is -0.122. The molecular formula is C12H21NO2. The van der Waals surface area contributed by atoms with Gasteiger partial charge in [-0.3, -0.25) is 4.79 Å².